The van der Waals surface area contributed by atoms with Crippen molar-refractivity contribution in [3.05, 3.63) is 5.21 Å². The third-order valence-electron chi connectivity index (χ3n) is 0.841. The zero-order chi connectivity index (χ0) is 9.56. The van der Waals surface area contributed by atoms with Gasteiger partial charge in [-0.15, -0.1) is 0 Å². The Labute approximate surface area is 70.3 Å². The summed E-state index contributed by atoms with van der Waals surface area (Å²) >= 11 is 0. The Morgan fingerprint density at radius 2 is 2.25 bits per heavy atom. The molecule has 0 saturated heterocycles. The number of rotatable bonds is 4. The molecule has 0 N–H and O–H groups in total. The maximum atomic E-state index is 10.6. The van der Waals surface area contributed by atoms with Gasteiger partial charge in [-0.25, -0.2) is 4.79 Å². The third-order valence-corrected chi connectivity index (χ3v) is 0.841. The SMILES string of the molecule is COC(=O)C/[N+]([O-])=N/OC(C)C. The average molecular weight is 176 g/mol. The van der Waals surface area contributed by atoms with Gasteiger partial charge in [0.15, 0.2) is 0 Å². The van der Waals surface area contributed by atoms with Crippen LogP contribution in [0.5, 0.6) is 0 Å². The topological polar surface area (TPSA) is 74.0 Å². The summed E-state index contributed by atoms with van der Waals surface area (Å²) in [6.45, 7) is 2.98. The van der Waals surface area contributed by atoms with Crippen LogP contribution < -0.4 is 0 Å². The standard InChI is InChI=1S/C6H12N2O4/c1-5(2)12-7-8(10)4-6(9)11-3/h5H,4H2,1-3H3/b8-7-. The highest BCUT2D eigenvalue weighted by molar-refractivity contribution is 5.70. The Kier molecular flexibility index (Phi) is 4.75. The van der Waals surface area contributed by atoms with Crippen LogP contribution in [0.25, 0.3) is 0 Å². The molecule has 0 radical (unpaired) electrons. The predicted molar refractivity (Wildman–Crippen MR) is 39.2 cm³/mol. The molecule has 0 unspecified atom stereocenters. The van der Waals surface area contributed by atoms with Crippen LogP contribution in [-0.2, 0) is 14.4 Å². The number of hydroxylamine groups is 1. The summed E-state index contributed by atoms with van der Waals surface area (Å²) in [5, 5.41) is 13.7. The summed E-state index contributed by atoms with van der Waals surface area (Å²) < 4.78 is 4.23. The fourth-order valence-electron chi connectivity index (χ4n) is 0.351. The third kappa shape index (κ3) is 5.45. The molecule has 0 aromatic rings. The molecule has 0 fully saturated rings. The molecule has 6 nitrogen and oxygen atoms in total. The predicted octanol–water partition coefficient (Wildman–Crippen LogP) is 0.462. The van der Waals surface area contributed by atoms with Crippen LogP contribution >= 0.6 is 0 Å². The molecule has 70 valence electrons. The number of carbonyl (C=O) groups is 1. The molecule has 0 aromatic heterocycles. The van der Waals surface area contributed by atoms with Gasteiger partial charge < -0.3 is 14.8 Å². The second-order valence-corrected chi connectivity index (χ2v) is 2.32. The van der Waals surface area contributed by atoms with Crippen molar-refractivity contribution < 1.29 is 19.2 Å². The van der Waals surface area contributed by atoms with E-state index in [4.69, 9.17) is 0 Å². The Hall–Kier alpha value is -1.33. The normalized spacial score (nSPS) is 11.5. The molecule has 0 amide bonds. The Bertz CT molecular complexity index is 178. The molecule has 0 rings (SSSR count). The molecule has 0 bridgehead atoms. The minimum atomic E-state index is -0.652. The summed E-state index contributed by atoms with van der Waals surface area (Å²) in [7, 11) is 1.19. The fourth-order valence-corrected chi connectivity index (χ4v) is 0.351. The molecule has 0 atom stereocenters. The van der Waals surface area contributed by atoms with Crippen LogP contribution in [0.3, 0.4) is 0 Å². The van der Waals surface area contributed by atoms with Gasteiger partial charge in [0.2, 0.25) is 5.28 Å². The number of carbonyl (C=O) groups excluding carboxylic acids is 1. The smallest absolute Gasteiger partial charge is 0.376 e. The van der Waals surface area contributed by atoms with E-state index in [1.165, 1.54) is 7.11 Å². The highest BCUT2D eigenvalue weighted by atomic mass is 16.7. The van der Waals surface area contributed by atoms with Crippen LogP contribution in [0.15, 0.2) is 5.28 Å². The van der Waals surface area contributed by atoms with Gasteiger partial charge >= 0.3 is 5.97 Å². The van der Waals surface area contributed by atoms with Crippen LogP contribution in [-0.4, -0.2) is 30.6 Å². The summed E-state index contributed by atoms with van der Waals surface area (Å²) in [4.78, 5) is 15.2. The van der Waals surface area contributed by atoms with E-state index in [1.54, 1.807) is 13.8 Å². The molecule has 0 saturated carbocycles. The van der Waals surface area contributed by atoms with E-state index in [9.17, 15) is 10.0 Å². The number of methoxy groups -OCH3 is 1. The van der Waals surface area contributed by atoms with E-state index in [-0.39, 0.29) is 11.0 Å². The molecule has 0 aliphatic heterocycles. The van der Waals surface area contributed by atoms with Crippen molar-refractivity contribution in [1.29, 1.82) is 0 Å². The highest BCUT2D eigenvalue weighted by Gasteiger charge is 2.07. The first kappa shape index (κ1) is 10.7. The molecule has 12 heavy (non-hydrogen) atoms. The van der Waals surface area contributed by atoms with Gasteiger partial charge in [-0.2, -0.15) is 0 Å². The molecule has 0 aromatic carbocycles. The van der Waals surface area contributed by atoms with Crippen molar-refractivity contribution in [3.63, 3.8) is 0 Å². The zero-order valence-corrected chi connectivity index (χ0v) is 7.31. The molecule has 0 heterocycles. The van der Waals surface area contributed by atoms with E-state index in [1.807, 2.05) is 0 Å². The van der Waals surface area contributed by atoms with Gasteiger partial charge in [0, 0.05) is 0 Å². The lowest BCUT2D eigenvalue weighted by Gasteiger charge is -2.01. The van der Waals surface area contributed by atoms with E-state index in [2.05, 4.69) is 14.9 Å². The van der Waals surface area contributed by atoms with E-state index in [0.717, 1.165) is 0 Å². The van der Waals surface area contributed by atoms with Crippen LogP contribution in [0.2, 0.25) is 0 Å². The minimum Gasteiger partial charge on any atom is -0.597 e. The minimum absolute atomic E-state index is 0.131. The zero-order valence-electron chi connectivity index (χ0n) is 7.31. The lowest BCUT2D eigenvalue weighted by atomic mass is 10.5. The summed E-state index contributed by atoms with van der Waals surface area (Å²) in [6.07, 6.45) is -0.181. The van der Waals surface area contributed by atoms with Crippen molar-refractivity contribution in [2.24, 2.45) is 5.28 Å². The van der Waals surface area contributed by atoms with Crippen LogP contribution in [0, 0.1) is 5.21 Å². The second-order valence-electron chi connectivity index (χ2n) is 2.32. The van der Waals surface area contributed by atoms with Crippen molar-refractivity contribution in [1.82, 2.24) is 0 Å². The van der Waals surface area contributed by atoms with Gasteiger partial charge in [0.1, 0.15) is 6.10 Å². The van der Waals surface area contributed by atoms with E-state index < -0.39 is 12.5 Å². The van der Waals surface area contributed by atoms with Gasteiger partial charge in [-0.05, 0) is 18.7 Å². The maximum Gasteiger partial charge on any atom is 0.376 e. The summed E-state index contributed by atoms with van der Waals surface area (Å²) in [6, 6.07) is 0. The van der Waals surface area contributed by atoms with Crippen molar-refractivity contribution >= 4 is 5.97 Å². The first-order valence-corrected chi connectivity index (χ1v) is 3.44. The summed E-state index contributed by atoms with van der Waals surface area (Å²) in [5.41, 5.74) is 0. The van der Waals surface area contributed by atoms with Crippen molar-refractivity contribution in [3.8, 4) is 0 Å². The van der Waals surface area contributed by atoms with Gasteiger partial charge in [-0.3, -0.25) is 0 Å². The van der Waals surface area contributed by atoms with E-state index in [0.29, 0.717) is 0 Å². The number of hydrogen-bond donors (Lipinski definition) is 0. The number of hydrogen-bond acceptors (Lipinski definition) is 5. The lowest BCUT2D eigenvalue weighted by Crippen LogP contribution is -2.16. The fraction of sp³-hybridized carbons (Fsp3) is 0.833. The van der Waals surface area contributed by atoms with E-state index >= 15 is 0 Å². The molecular formula is C6H12N2O4. The van der Waals surface area contributed by atoms with Crippen LogP contribution in [0.1, 0.15) is 13.8 Å². The lowest BCUT2D eigenvalue weighted by molar-refractivity contribution is -0.551. The maximum absolute atomic E-state index is 10.6. The van der Waals surface area contributed by atoms with Crippen molar-refractivity contribution in [2.45, 2.75) is 20.0 Å². The molecule has 0 aliphatic rings. The first-order chi connectivity index (χ1) is 5.56. The molecular weight excluding hydrogens is 164 g/mol. The van der Waals surface area contributed by atoms with Gasteiger partial charge in [-0.1, -0.05) is 0 Å². The highest BCUT2D eigenvalue weighted by Crippen LogP contribution is 1.89. The monoisotopic (exact) mass is 176 g/mol. The molecule has 0 aliphatic carbocycles. The van der Waals surface area contributed by atoms with Crippen molar-refractivity contribution in [2.75, 3.05) is 13.7 Å². The number of esters is 1. The molecule has 6 heteroatoms. The quantitative estimate of drug-likeness (QED) is 0.270. The van der Waals surface area contributed by atoms with Gasteiger partial charge in [0.05, 0.1) is 7.11 Å². The Morgan fingerprint density at radius 1 is 1.67 bits per heavy atom. The van der Waals surface area contributed by atoms with Gasteiger partial charge in [0.25, 0.3) is 6.54 Å². The Balaban J connectivity index is 3.77. The molecule has 0 spiro atoms. The largest absolute Gasteiger partial charge is 0.597 e. The first-order valence-electron chi connectivity index (χ1n) is 3.44. The number of nitrogens with zero attached hydrogens (tertiary/aromatic N) is 2. The second kappa shape index (κ2) is 5.34. The Morgan fingerprint density at radius 3 is 2.67 bits per heavy atom. The summed E-state index contributed by atoms with van der Waals surface area (Å²) in [5.74, 6) is -0.652. The number of ether oxygens (including phenoxy) is 1. The van der Waals surface area contributed by atoms with Crippen LogP contribution in [0.4, 0.5) is 0 Å². The average Bonchev–Trinajstić information content (AvgIpc) is 2.00.